The minimum absolute atomic E-state index is 0.267. The highest BCUT2D eigenvalue weighted by atomic mass is 16.3. The van der Waals surface area contributed by atoms with Crippen LogP contribution < -0.4 is 0 Å². The van der Waals surface area contributed by atoms with Crippen LogP contribution in [0.25, 0.3) is 5.69 Å². The third-order valence-corrected chi connectivity index (χ3v) is 5.29. The second-order valence-corrected chi connectivity index (χ2v) is 7.70. The number of aliphatic hydroxyl groups excluding tert-OH is 1. The van der Waals surface area contributed by atoms with Crippen LogP contribution in [0.4, 0.5) is 0 Å². The molecular formula is C21H32N4O. The molecule has 0 aliphatic carbocycles. The van der Waals surface area contributed by atoms with Crippen LogP contribution >= 0.6 is 0 Å². The van der Waals surface area contributed by atoms with Crippen LogP contribution in [0.2, 0.25) is 0 Å². The molecule has 0 radical (unpaired) electrons. The van der Waals surface area contributed by atoms with E-state index in [0.717, 1.165) is 50.7 Å². The number of pyridine rings is 1. The van der Waals surface area contributed by atoms with Gasteiger partial charge in [-0.05, 0) is 49.6 Å². The summed E-state index contributed by atoms with van der Waals surface area (Å²) in [5, 5.41) is 9.49. The summed E-state index contributed by atoms with van der Waals surface area (Å²) in [4.78, 5) is 9.34. The number of aromatic nitrogens is 2. The van der Waals surface area contributed by atoms with E-state index in [0.29, 0.717) is 6.04 Å². The van der Waals surface area contributed by atoms with Gasteiger partial charge in [-0.25, -0.2) is 0 Å². The third-order valence-electron chi connectivity index (χ3n) is 5.29. The molecule has 5 heteroatoms. The zero-order chi connectivity index (χ0) is 18.4. The van der Waals surface area contributed by atoms with Crippen molar-refractivity contribution in [3.63, 3.8) is 0 Å². The Morgan fingerprint density at radius 2 is 2.12 bits per heavy atom. The fourth-order valence-electron chi connectivity index (χ4n) is 3.76. The first-order chi connectivity index (χ1) is 12.7. The average molecular weight is 357 g/mol. The van der Waals surface area contributed by atoms with Gasteiger partial charge in [-0.3, -0.25) is 14.8 Å². The monoisotopic (exact) mass is 356 g/mol. The highest BCUT2D eigenvalue weighted by Gasteiger charge is 2.26. The lowest BCUT2D eigenvalue weighted by Gasteiger charge is -2.41. The number of rotatable bonds is 8. The predicted octanol–water partition coefficient (Wildman–Crippen LogP) is 2.79. The lowest BCUT2D eigenvalue weighted by atomic mass is 10.1. The zero-order valence-electron chi connectivity index (χ0n) is 16.1. The van der Waals surface area contributed by atoms with E-state index in [2.05, 4.69) is 57.6 Å². The van der Waals surface area contributed by atoms with Gasteiger partial charge in [-0.2, -0.15) is 0 Å². The summed E-state index contributed by atoms with van der Waals surface area (Å²) in [6.07, 6.45) is 7.91. The summed E-state index contributed by atoms with van der Waals surface area (Å²) < 4.78 is 2.22. The molecule has 2 aromatic heterocycles. The van der Waals surface area contributed by atoms with Crippen LogP contribution in [-0.4, -0.2) is 63.3 Å². The van der Waals surface area contributed by atoms with Gasteiger partial charge in [0.1, 0.15) is 0 Å². The average Bonchev–Trinajstić information content (AvgIpc) is 3.10. The third kappa shape index (κ3) is 4.93. The van der Waals surface area contributed by atoms with E-state index in [9.17, 15) is 5.11 Å². The van der Waals surface area contributed by atoms with Crippen LogP contribution in [0, 0.1) is 5.92 Å². The first-order valence-electron chi connectivity index (χ1n) is 9.81. The van der Waals surface area contributed by atoms with Gasteiger partial charge < -0.3 is 9.67 Å². The number of hydrogen-bond donors (Lipinski definition) is 1. The molecule has 0 amide bonds. The van der Waals surface area contributed by atoms with Crippen molar-refractivity contribution >= 4 is 0 Å². The van der Waals surface area contributed by atoms with Crippen molar-refractivity contribution in [1.29, 1.82) is 0 Å². The SMILES string of the molecule is CC(C)CCN1CCN(Cc2cccn2-c2cccnc2)C[C@H]1CCO. The summed E-state index contributed by atoms with van der Waals surface area (Å²) in [7, 11) is 0. The lowest BCUT2D eigenvalue weighted by Crippen LogP contribution is -2.53. The fraction of sp³-hybridized carbons (Fsp3) is 0.571. The number of hydrogen-bond acceptors (Lipinski definition) is 4. The van der Waals surface area contributed by atoms with Crippen LogP contribution in [0.5, 0.6) is 0 Å². The van der Waals surface area contributed by atoms with Gasteiger partial charge >= 0.3 is 0 Å². The van der Waals surface area contributed by atoms with E-state index in [1.165, 1.54) is 12.1 Å². The minimum atomic E-state index is 0.267. The topological polar surface area (TPSA) is 44.5 Å². The molecule has 0 bridgehead atoms. The second-order valence-electron chi connectivity index (χ2n) is 7.70. The Kier molecular flexibility index (Phi) is 6.83. The van der Waals surface area contributed by atoms with Crippen LogP contribution in [0.3, 0.4) is 0 Å². The standard InChI is InChI=1S/C21H32N4O/c1-18(2)7-11-24-13-12-23(16-20(24)8-14-26)17-21-6-4-10-25(21)19-5-3-9-22-15-19/h3-6,9-10,15,18,20,26H,7-8,11-14,16-17H2,1-2H3/t20-/m1/s1. The van der Waals surface area contributed by atoms with Gasteiger partial charge in [0.15, 0.2) is 0 Å². The quantitative estimate of drug-likeness (QED) is 0.790. The van der Waals surface area contributed by atoms with E-state index < -0.39 is 0 Å². The van der Waals surface area contributed by atoms with Gasteiger partial charge in [-0.1, -0.05) is 13.8 Å². The van der Waals surface area contributed by atoms with E-state index >= 15 is 0 Å². The molecule has 3 rings (SSSR count). The van der Waals surface area contributed by atoms with Crippen molar-refractivity contribution in [2.24, 2.45) is 5.92 Å². The molecule has 3 heterocycles. The van der Waals surface area contributed by atoms with Crippen molar-refractivity contribution in [1.82, 2.24) is 19.4 Å². The summed E-state index contributed by atoms with van der Waals surface area (Å²) in [5.74, 6) is 0.727. The van der Waals surface area contributed by atoms with Crippen LogP contribution in [0.1, 0.15) is 32.4 Å². The molecule has 142 valence electrons. The zero-order valence-corrected chi connectivity index (χ0v) is 16.1. The predicted molar refractivity (Wildman–Crippen MR) is 105 cm³/mol. The molecule has 1 aliphatic rings. The first kappa shape index (κ1) is 19.1. The minimum Gasteiger partial charge on any atom is -0.396 e. The molecule has 0 saturated carbocycles. The maximum Gasteiger partial charge on any atom is 0.0636 e. The van der Waals surface area contributed by atoms with E-state index in [1.807, 2.05) is 18.5 Å². The summed E-state index contributed by atoms with van der Waals surface area (Å²) in [6.45, 7) is 10.1. The Morgan fingerprint density at radius 1 is 1.23 bits per heavy atom. The molecule has 2 aromatic rings. The normalized spacial score (nSPS) is 19.3. The Labute approximate surface area is 157 Å². The Hall–Kier alpha value is -1.69. The highest BCUT2D eigenvalue weighted by Crippen LogP contribution is 2.19. The smallest absolute Gasteiger partial charge is 0.0636 e. The highest BCUT2D eigenvalue weighted by molar-refractivity contribution is 5.32. The molecule has 0 spiro atoms. The van der Waals surface area contributed by atoms with Gasteiger partial charge in [-0.15, -0.1) is 0 Å². The van der Waals surface area contributed by atoms with Crippen molar-refractivity contribution in [2.45, 2.75) is 39.3 Å². The summed E-state index contributed by atoms with van der Waals surface area (Å²) in [5.41, 5.74) is 2.39. The van der Waals surface area contributed by atoms with E-state index in [1.54, 1.807) is 0 Å². The lowest BCUT2D eigenvalue weighted by molar-refractivity contribution is 0.0516. The van der Waals surface area contributed by atoms with E-state index in [4.69, 9.17) is 0 Å². The molecule has 0 unspecified atom stereocenters. The molecule has 5 nitrogen and oxygen atoms in total. The molecule has 1 atom stereocenters. The van der Waals surface area contributed by atoms with Crippen LogP contribution in [-0.2, 0) is 6.54 Å². The Morgan fingerprint density at radius 3 is 2.85 bits per heavy atom. The molecule has 0 aromatic carbocycles. The Balaban J connectivity index is 1.64. The largest absolute Gasteiger partial charge is 0.396 e. The van der Waals surface area contributed by atoms with Gasteiger partial charge in [0.25, 0.3) is 0 Å². The first-order valence-corrected chi connectivity index (χ1v) is 9.81. The summed E-state index contributed by atoms with van der Waals surface area (Å²) in [6, 6.07) is 8.82. The van der Waals surface area contributed by atoms with Crippen molar-refractivity contribution in [3.8, 4) is 5.69 Å². The van der Waals surface area contributed by atoms with Crippen molar-refractivity contribution in [3.05, 3.63) is 48.5 Å². The maximum atomic E-state index is 9.49. The molecule has 1 aliphatic heterocycles. The molecule has 1 saturated heterocycles. The number of aliphatic hydroxyl groups is 1. The molecular weight excluding hydrogens is 324 g/mol. The van der Waals surface area contributed by atoms with Crippen LogP contribution in [0.15, 0.2) is 42.9 Å². The molecule has 26 heavy (non-hydrogen) atoms. The number of nitrogens with zero attached hydrogens (tertiary/aromatic N) is 4. The fourth-order valence-corrected chi connectivity index (χ4v) is 3.76. The van der Waals surface area contributed by atoms with Gasteiger partial charge in [0, 0.05) is 56.9 Å². The van der Waals surface area contributed by atoms with Crippen molar-refractivity contribution in [2.75, 3.05) is 32.8 Å². The molecule has 1 fully saturated rings. The van der Waals surface area contributed by atoms with Gasteiger partial charge in [0.2, 0.25) is 0 Å². The molecule has 1 N–H and O–H groups in total. The van der Waals surface area contributed by atoms with Gasteiger partial charge in [0.05, 0.1) is 11.9 Å². The maximum absolute atomic E-state index is 9.49. The number of piperazine rings is 1. The van der Waals surface area contributed by atoms with Crippen molar-refractivity contribution < 1.29 is 5.11 Å². The second kappa shape index (κ2) is 9.31. The Bertz CT molecular complexity index is 655. The van der Waals surface area contributed by atoms with E-state index in [-0.39, 0.29) is 6.61 Å². The summed E-state index contributed by atoms with van der Waals surface area (Å²) >= 11 is 0.